The van der Waals surface area contributed by atoms with E-state index < -0.39 is 83.4 Å². The van der Waals surface area contributed by atoms with Gasteiger partial charge < -0.3 is 28.4 Å². The molecule has 0 amide bonds. The molecule has 0 radical (unpaired) electrons. The lowest BCUT2D eigenvalue weighted by Gasteiger charge is -2.62. The minimum absolute atomic E-state index is 0.228. The van der Waals surface area contributed by atoms with Crippen LogP contribution in [0.1, 0.15) is 71.7 Å². The van der Waals surface area contributed by atoms with Gasteiger partial charge in [0.25, 0.3) is 0 Å². The molecule has 8 atom stereocenters. The molecule has 3 fully saturated rings. The van der Waals surface area contributed by atoms with Gasteiger partial charge in [0.15, 0.2) is 12.2 Å². The Balaban J connectivity index is 2.01. The van der Waals surface area contributed by atoms with Gasteiger partial charge in [-0.25, -0.2) is 4.79 Å². The third kappa shape index (κ3) is 5.31. The second-order valence-corrected chi connectivity index (χ2v) is 11.8. The van der Waals surface area contributed by atoms with Crippen LogP contribution in [0.25, 0.3) is 0 Å². The predicted octanol–water partition coefficient (Wildman–Crippen LogP) is 3.16. The number of rotatable bonds is 7. The summed E-state index contributed by atoms with van der Waals surface area (Å²) in [6.07, 6.45) is -4.16. The quantitative estimate of drug-likeness (QED) is 0.350. The largest absolute Gasteiger partial charge is 0.465 e. The Morgan fingerprint density at radius 2 is 1.44 bits per heavy atom. The van der Waals surface area contributed by atoms with Gasteiger partial charge in [-0.1, -0.05) is 25.1 Å². The maximum absolute atomic E-state index is 13.6. The fraction of sp³-hybridized carbons (Fsp3) is 0.633. The van der Waals surface area contributed by atoms with Crippen LogP contribution in [0.15, 0.2) is 30.3 Å². The number of hydrogen-bond donors (Lipinski definition) is 0. The van der Waals surface area contributed by atoms with E-state index in [2.05, 4.69) is 0 Å². The van der Waals surface area contributed by atoms with Crippen molar-refractivity contribution in [3.05, 3.63) is 35.9 Å². The maximum atomic E-state index is 13.6. The maximum Gasteiger partial charge on any atom is 0.338 e. The smallest absolute Gasteiger partial charge is 0.338 e. The van der Waals surface area contributed by atoms with Gasteiger partial charge in [0.05, 0.1) is 16.8 Å². The van der Waals surface area contributed by atoms with Gasteiger partial charge in [0.1, 0.15) is 24.2 Å². The highest BCUT2D eigenvalue weighted by atomic mass is 16.6. The predicted molar refractivity (Wildman–Crippen MR) is 141 cm³/mol. The number of ether oxygens (including phenoxy) is 6. The summed E-state index contributed by atoms with van der Waals surface area (Å²) in [4.78, 5) is 63.4. The van der Waals surface area contributed by atoms with E-state index in [0.29, 0.717) is 6.42 Å². The normalized spacial score (nSPS) is 34.9. The first-order chi connectivity index (χ1) is 19.1. The van der Waals surface area contributed by atoms with E-state index >= 15 is 0 Å². The van der Waals surface area contributed by atoms with Crippen molar-refractivity contribution in [3.8, 4) is 0 Å². The molecule has 1 spiro atoms. The van der Waals surface area contributed by atoms with Gasteiger partial charge >= 0.3 is 29.8 Å². The Bertz CT molecular complexity index is 1210. The fourth-order valence-corrected chi connectivity index (χ4v) is 7.31. The molecular formula is C30H38O11. The lowest BCUT2D eigenvalue weighted by molar-refractivity contribution is -0.307. The molecule has 41 heavy (non-hydrogen) atoms. The van der Waals surface area contributed by atoms with Gasteiger partial charge in [-0.05, 0) is 44.7 Å². The van der Waals surface area contributed by atoms with Crippen molar-refractivity contribution in [2.45, 2.75) is 96.9 Å². The molecule has 224 valence electrons. The van der Waals surface area contributed by atoms with Crippen LogP contribution in [-0.2, 0) is 47.6 Å². The summed E-state index contributed by atoms with van der Waals surface area (Å²) in [5.74, 6) is -4.11. The van der Waals surface area contributed by atoms with E-state index in [1.165, 1.54) is 27.7 Å². The molecule has 1 aromatic rings. The second-order valence-electron chi connectivity index (χ2n) is 11.8. The van der Waals surface area contributed by atoms with Crippen molar-refractivity contribution < 1.29 is 52.4 Å². The Morgan fingerprint density at radius 1 is 0.829 bits per heavy atom. The monoisotopic (exact) mass is 574 g/mol. The van der Waals surface area contributed by atoms with Crippen LogP contribution in [-0.4, -0.2) is 72.1 Å². The fourth-order valence-electron chi connectivity index (χ4n) is 7.31. The third-order valence-corrected chi connectivity index (χ3v) is 8.75. The van der Waals surface area contributed by atoms with Gasteiger partial charge in [0.2, 0.25) is 0 Å². The van der Waals surface area contributed by atoms with E-state index in [-0.39, 0.29) is 17.9 Å². The highest BCUT2D eigenvalue weighted by Gasteiger charge is 2.81. The van der Waals surface area contributed by atoms with Crippen LogP contribution in [0.3, 0.4) is 0 Å². The number of carbonyl (C=O) groups excluding carboxylic acids is 5. The lowest BCUT2D eigenvalue weighted by atomic mass is 9.48. The van der Waals surface area contributed by atoms with Crippen LogP contribution in [0, 0.1) is 17.3 Å². The summed E-state index contributed by atoms with van der Waals surface area (Å²) in [5, 5.41) is 0. The summed E-state index contributed by atoms with van der Waals surface area (Å²) >= 11 is 0. The molecule has 1 saturated heterocycles. The molecule has 8 unspecified atom stereocenters. The molecule has 4 rings (SSSR count). The lowest BCUT2D eigenvalue weighted by Crippen LogP contribution is -2.77. The van der Waals surface area contributed by atoms with Crippen molar-refractivity contribution in [2.24, 2.45) is 17.3 Å². The molecule has 1 aromatic carbocycles. The molecular weight excluding hydrogens is 536 g/mol. The molecule has 0 N–H and O–H groups in total. The zero-order valence-electron chi connectivity index (χ0n) is 24.5. The number of benzene rings is 1. The minimum Gasteiger partial charge on any atom is -0.465 e. The zero-order valence-corrected chi connectivity index (χ0v) is 24.5. The zero-order chi connectivity index (χ0) is 30.3. The molecule has 0 aromatic heterocycles. The topological polar surface area (TPSA) is 141 Å². The molecule has 2 saturated carbocycles. The number of fused-ring (bicyclic) bond motifs is 1. The Hall–Kier alpha value is -3.47. The summed E-state index contributed by atoms with van der Waals surface area (Å²) in [7, 11) is 0. The first-order valence-electron chi connectivity index (χ1n) is 13.8. The summed E-state index contributed by atoms with van der Waals surface area (Å²) in [5.41, 5.74) is -3.51. The van der Waals surface area contributed by atoms with Gasteiger partial charge in [-0.15, -0.1) is 0 Å². The third-order valence-electron chi connectivity index (χ3n) is 8.75. The first-order valence-corrected chi connectivity index (χ1v) is 13.8. The Morgan fingerprint density at radius 3 is 2.00 bits per heavy atom. The van der Waals surface area contributed by atoms with Crippen LogP contribution < -0.4 is 0 Å². The van der Waals surface area contributed by atoms with E-state index in [1.807, 2.05) is 20.8 Å². The SMILES string of the molecule is CC(=O)OCC12C(OC(=O)c3ccccc3)C(OC(C)=O)CC(C)C13CC(C(OC(C)=O)C2OC(C)=O)C(C)(C)O3. The van der Waals surface area contributed by atoms with Crippen molar-refractivity contribution in [3.63, 3.8) is 0 Å². The van der Waals surface area contributed by atoms with E-state index in [9.17, 15) is 24.0 Å². The molecule has 1 heterocycles. The highest BCUT2D eigenvalue weighted by Crippen LogP contribution is 2.67. The van der Waals surface area contributed by atoms with E-state index in [4.69, 9.17) is 28.4 Å². The molecule has 11 heteroatoms. The first kappa shape index (κ1) is 30.5. The van der Waals surface area contributed by atoms with Crippen molar-refractivity contribution in [2.75, 3.05) is 6.61 Å². The highest BCUT2D eigenvalue weighted by molar-refractivity contribution is 5.89. The number of esters is 5. The van der Waals surface area contributed by atoms with E-state index in [1.54, 1.807) is 30.3 Å². The van der Waals surface area contributed by atoms with E-state index in [0.717, 1.165) is 0 Å². The van der Waals surface area contributed by atoms with Crippen molar-refractivity contribution >= 4 is 29.8 Å². The van der Waals surface area contributed by atoms with Crippen LogP contribution in [0.5, 0.6) is 0 Å². The van der Waals surface area contributed by atoms with Gasteiger partial charge in [-0.2, -0.15) is 0 Å². The molecule has 3 aliphatic rings. The van der Waals surface area contributed by atoms with Crippen LogP contribution in [0.2, 0.25) is 0 Å². The van der Waals surface area contributed by atoms with Crippen molar-refractivity contribution in [1.82, 2.24) is 0 Å². The molecule has 11 nitrogen and oxygen atoms in total. The average molecular weight is 575 g/mol. The van der Waals surface area contributed by atoms with Gasteiger partial charge in [0, 0.05) is 33.6 Å². The summed E-state index contributed by atoms with van der Waals surface area (Å²) < 4.78 is 36.3. The summed E-state index contributed by atoms with van der Waals surface area (Å²) in [6, 6.07) is 8.23. The molecule has 2 bridgehead atoms. The summed E-state index contributed by atoms with van der Waals surface area (Å²) in [6.45, 7) is 10.1. The molecule has 1 aliphatic heterocycles. The minimum atomic E-state index is -1.64. The standard InChI is InChI=1S/C30H38O11/c1-16-13-23(37-18(3)32)25(40-27(35)21-11-9-8-10-12-21)29(15-36-17(2)31)26(39-20(5)34)24(38-19(4)33)22-14-30(16,29)41-28(22,6)7/h8-12,16,22-26H,13-15H2,1-7H3. The van der Waals surface area contributed by atoms with Crippen molar-refractivity contribution in [1.29, 1.82) is 0 Å². The van der Waals surface area contributed by atoms with Crippen LogP contribution >= 0.6 is 0 Å². The second kappa shape index (κ2) is 11.1. The number of hydrogen-bond acceptors (Lipinski definition) is 11. The Kier molecular flexibility index (Phi) is 8.23. The average Bonchev–Trinajstić information content (AvgIpc) is 3.13. The van der Waals surface area contributed by atoms with Crippen LogP contribution in [0.4, 0.5) is 0 Å². The number of carbonyl (C=O) groups is 5. The molecule has 2 aliphatic carbocycles. The van der Waals surface area contributed by atoms with Gasteiger partial charge in [-0.3, -0.25) is 19.2 Å². The Labute approximate surface area is 239 Å².